The van der Waals surface area contributed by atoms with Gasteiger partial charge in [0.05, 0.1) is 0 Å². The van der Waals surface area contributed by atoms with Gasteiger partial charge in [-0.15, -0.1) is 0 Å². The number of hydrogen-bond donors (Lipinski definition) is 0. The molecular weight excluding hydrogens is 400 g/mol. The molecule has 0 bridgehead atoms. The monoisotopic (exact) mass is 412 g/mol. The van der Waals surface area contributed by atoms with E-state index < -0.39 is 5.97 Å². The van der Waals surface area contributed by atoms with Gasteiger partial charge in [-0.3, -0.25) is 0 Å². The van der Waals surface area contributed by atoms with Gasteiger partial charge in [0.2, 0.25) is 0 Å². The van der Waals surface area contributed by atoms with Crippen LogP contribution in [-0.4, -0.2) is 12.6 Å². The van der Waals surface area contributed by atoms with Gasteiger partial charge in [-0.2, -0.15) is 0 Å². The van der Waals surface area contributed by atoms with Crippen LogP contribution in [0.2, 0.25) is 0 Å². The molecule has 0 amide bonds. The van der Waals surface area contributed by atoms with E-state index in [1.807, 2.05) is 38.1 Å². The lowest BCUT2D eigenvalue weighted by Crippen LogP contribution is -2.18. The Bertz CT molecular complexity index is 645. The molecule has 0 aliphatic heterocycles. The minimum absolute atomic E-state index is 0.134. The Kier molecular flexibility index (Phi) is 5.42. The highest BCUT2D eigenvalue weighted by atomic mass is 79.9. The molecule has 2 aromatic carbocycles. The van der Waals surface area contributed by atoms with Crippen LogP contribution in [0.15, 0.2) is 45.3 Å². The highest BCUT2D eigenvalue weighted by Gasteiger charge is 2.11. The maximum absolute atomic E-state index is 11.9. The molecule has 0 N–H and O–H groups in total. The molecule has 110 valence electrons. The van der Waals surface area contributed by atoms with Crippen molar-refractivity contribution in [1.29, 1.82) is 0 Å². The predicted octanol–water partition coefficient (Wildman–Crippen LogP) is 4.81. The van der Waals surface area contributed by atoms with Crippen molar-refractivity contribution >= 4 is 37.8 Å². The zero-order valence-electron chi connectivity index (χ0n) is 11.7. The summed E-state index contributed by atoms with van der Waals surface area (Å²) in [6, 6.07) is 11.1. The van der Waals surface area contributed by atoms with E-state index in [0.717, 1.165) is 20.1 Å². The lowest BCUT2D eigenvalue weighted by atomic mass is 10.1. The van der Waals surface area contributed by atoms with Crippen LogP contribution in [0.3, 0.4) is 0 Å². The third-order valence-electron chi connectivity index (χ3n) is 2.79. The van der Waals surface area contributed by atoms with Gasteiger partial charge < -0.3 is 9.47 Å². The SMILES string of the molecule is Cc1cc(Br)cc(C)c1OC(=O)COc1cccc(Br)c1. The zero-order valence-corrected chi connectivity index (χ0v) is 14.8. The molecular formula is C16H14Br2O3. The van der Waals surface area contributed by atoms with E-state index in [4.69, 9.17) is 9.47 Å². The summed E-state index contributed by atoms with van der Waals surface area (Å²) in [4.78, 5) is 11.9. The van der Waals surface area contributed by atoms with E-state index in [1.165, 1.54) is 0 Å². The Balaban J connectivity index is 1.99. The van der Waals surface area contributed by atoms with Gasteiger partial charge in [0.25, 0.3) is 0 Å². The summed E-state index contributed by atoms with van der Waals surface area (Å²) in [5.74, 6) is 0.773. The Labute approximate surface area is 140 Å². The third kappa shape index (κ3) is 4.58. The minimum atomic E-state index is -0.427. The van der Waals surface area contributed by atoms with Crippen molar-refractivity contribution in [1.82, 2.24) is 0 Å². The van der Waals surface area contributed by atoms with Gasteiger partial charge in [0, 0.05) is 8.95 Å². The summed E-state index contributed by atoms with van der Waals surface area (Å²) in [5.41, 5.74) is 1.80. The van der Waals surface area contributed by atoms with E-state index >= 15 is 0 Å². The number of hydrogen-bond acceptors (Lipinski definition) is 3. The number of halogens is 2. The molecule has 0 saturated carbocycles. The number of benzene rings is 2. The van der Waals surface area contributed by atoms with Gasteiger partial charge in [0.1, 0.15) is 11.5 Å². The second-order valence-corrected chi connectivity index (χ2v) is 6.42. The fraction of sp³-hybridized carbons (Fsp3) is 0.188. The van der Waals surface area contributed by atoms with Gasteiger partial charge in [-0.25, -0.2) is 4.79 Å². The lowest BCUT2D eigenvalue weighted by molar-refractivity contribution is -0.136. The summed E-state index contributed by atoms with van der Waals surface area (Å²) >= 11 is 6.76. The molecule has 0 saturated heterocycles. The van der Waals surface area contributed by atoms with Crippen LogP contribution in [-0.2, 0) is 4.79 Å². The third-order valence-corrected chi connectivity index (χ3v) is 3.74. The fourth-order valence-electron chi connectivity index (χ4n) is 1.90. The summed E-state index contributed by atoms with van der Waals surface area (Å²) in [5, 5.41) is 0. The number of rotatable bonds is 4. The largest absolute Gasteiger partial charge is 0.482 e. The van der Waals surface area contributed by atoms with Crippen LogP contribution in [0.5, 0.6) is 11.5 Å². The van der Waals surface area contributed by atoms with Crippen LogP contribution in [0, 0.1) is 13.8 Å². The van der Waals surface area contributed by atoms with Crippen molar-refractivity contribution in [3.63, 3.8) is 0 Å². The smallest absolute Gasteiger partial charge is 0.349 e. The molecule has 0 aromatic heterocycles. The van der Waals surface area contributed by atoms with Crippen molar-refractivity contribution in [2.75, 3.05) is 6.61 Å². The molecule has 0 fully saturated rings. The minimum Gasteiger partial charge on any atom is -0.482 e. The number of ether oxygens (including phenoxy) is 2. The second-order valence-electron chi connectivity index (χ2n) is 4.59. The molecule has 2 aromatic rings. The molecule has 2 rings (SSSR count). The molecule has 0 radical (unpaired) electrons. The van der Waals surface area contributed by atoms with Gasteiger partial charge in [-0.1, -0.05) is 37.9 Å². The summed E-state index contributed by atoms with van der Waals surface area (Å²) < 4.78 is 12.7. The maximum Gasteiger partial charge on any atom is 0.349 e. The van der Waals surface area contributed by atoms with E-state index in [0.29, 0.717) is 11.5 Å². The molecule has 5 heteroatoms. The van der Waals surface area contributed by atoms with Crippen molar-refractivity contribution in [2.24, 2.45) is 0 Å². The highest BCUT2D eigenvalue weighted by Crippen LogP contribution is 2.27. The van der Waals surface area contributed by atoms with E-state index in [-0.39, 0.29) is 6.61 Å². The van der Waals surface area contributed by atoms with Crippen molar-refractivity contribution in [3.05, 3.63) is 56.5 Å². The normalized spacial score (nSPS) is 10.3. The standard InChI is InChI=1S/C16H14Br2O3/c1-10-6-13(18)7-11(2)16(10)21-15(19)9-20-14-5-3-4-12(17)8-14/h3-8H,9H2,1-2H3. The Morgan fingerprint density at radius 1 is 1.05 bits per heavy atom. The first-order valence-corrected chi connectivity index (χ1v) is 7.90. The van der Waals surface area contributed by atoms with Gasteiger partial charge in [0.15, 0.2) is 6.61 Å². The maximum atomic E-state index is 11.9. The Hall–Kier alpha value is -1.33. The molecule has 0 aliphatic carbocycles. The molecule has 0 spiro atoms. The van der Waals surface area contributed by atoms with Crippen molar-refractivity contribution in [3.8, 4) is 11.5 Å². The Morgan fingerprint density at radius 3 is 2.33 bits per heavy atom. The highest BCUT2D eigenvalue weighted by molar-refractivity contribution is 9.10. The van der Waals surface area contributed by atoms with Crippen LogP contribution in [0.25, 0.3) is 0 Å². The predicted molar refractivity (Wildman–Crippen MR) is 88.9 cm³/mol. The lowest BCUT2D eigenvalue weighted by Gasteiger charge is -2.11. The van der Waals surface area contributed by atoms with Crippen molar-refractivity contribution in [2.45, 2.75) is 13.8 Å². The molecule has 3 nitrogen and oxygen atoms in total. The number of carbonyl (C=O) groups excluding carboxylic acids is 1. The quantitative estimate of drug-likeness (QED) is 0.532. The van der Waals surface area contributed by atoms with Crippen LogP contribution < -0.4 is 9.47 Å². The molecule has 0 atom stereocenters. The second kappa shape index (κ2) is 7.09. The first-order valence-electron chi connectivity index (χ1n) is 6.31. The fourth-order valence-corrected chi connectivity index (χ4v) is 2.97. The number of aryl methyl sites for hydroxylation is 2. The van der Waals surface area contributed by atoms with Crippen LogP contribution in [0.4, 0.5) is 0 Å². The number of esters is 1. The first-order chi connectivity index (χ1) is 9.95. The van der Waals surface area contributed by atoms with E-state index in [9.17, 15) is 4.79 Å². The summed E-state index contributed by atoms with van der Waals surface area (Å²) in [7, 11) is 0. The van der Waals surface area contributed by atoms with E-state index in [2.05, 4.69) is 31.9 Å². The van der Waals surface area contributed by atoms with Crippen molar-refractivity contribution < 1.29 is 14.3 Å². The summed E-state index contributed by atoms with van der Waals surface area (Å²) in [6.45, 7) is 3.66. The molecule has 21 heavy (non-hydrogen) atoms. The molecule has 0 aliphatic rings. The van der Waals surface area contributed by atoms with Crippen LogP contribution in [0.1, 0.15) is 11.1 Å². The van der Waals surface area contributed by atoms with E-state index in [1.54, 1.807) is 12.1 Å². The summed E-state index contributed by atoms with van der Waals surface area (Å²) in [6.07, 6.45) is 0. The number of carbonyl (C=O) groups is 1. The topological polar surface area (TPSA) is 35.5 Å². The van der Waals surface area contributed by atoms with Gasteiger partial charge in [-0.05, 0) is 55.3 Å². The van der Waals surface area contributed by atoms with Crippen LogP contribution >= 0.6 is 31.9 Å². The van der Waals surface area contributed by atoms with Gasteiger partial charge >= 0.3 is 5.97 Å². The molecule has 0 heterocycles. The first kappa shape index (κ1) is 16.0. The Morgan fingerprint density at radius 2 is 1.71 bits per heavy atom. The molecule has 0 unspecified atom stereocenters. The average molecular weight is 414 g/mol. The average Bonchev–Trinajstić information content (AvgIpc) is 2.40. The zero-order chi connectivity index (χ0) is 15.4.